The van der Waals surface area contributed by atoms with E-state index in [1.54, 1.807) is 18.3 Å². The molecule has 1 aliphatic carbocycles. The fourth-order valence-electron chi connectivity index (χ4n) is 2.10. The van der Waals surface area contributed by atoms with Crippen molar-refractivity contribution in [3.8, 4) is 0 Å². The molecule has 0 unspecified atom stereocenters. The van der Waals surface area contributed by atoms with Crippen LogP contribution < -0.4 is 15.5 Å². The van der Waals surface area contributed by atoms with Crippen LogP contribution in [0.5, 0.6) is 0 Å². The van der Waals surface area contributed by atoms with Gasteiger partial charge in [-0.05, 0) is 31.9 Å². The standard InChI is InChI=1S/C14H18N6O/c1-3-15-14(21)18-11-7-6-10-13(17-11)19-12(8-16-10)20(2)9-4-5-9/h6-9H,3-5H2,1-2H3,(H2,15,17,18,19,21). The molecule has 1 saturated carbocycles. The smallest absolute Gasteiger partial charge is 0.320 e. The van der Waals surface area contributed by atoms with Crippen molar-refractivity contribution in [2.75, 3.05) is 23.8 Å². The highest BCUT2D eigenvalue weighted by Gasteiger charge is 2.27. The number of carbonyl (C=O) groups is 1. The molecule has 0 saturated heterocycles. The van der Waals surface area contributed by atoms with Gasteiger partial charge in [0.15, 0.2) is 5.65 Å². The quantitative estimate of drug-likeness (QED) is 0.895. The van der Waals surface area contributed by atoms with E-state index in [1.807, 2.05) is 14.0 Å². The number of rotatable bonds is 4. The van der Waals surface area contributed by atoms with Crippen LogP contribution in [0.2, 0.25) is 0 Å². The molecular weight excluding hydrogens is 268 g/mol. The number of anilines is 2. The highest BCUT2D eigenvalue weighted by molar-refractivity contribution is 5.89. The van der Waals surface area contributed by atoms with Crippen molar-refractivity contribution in [3.05, 3.63) is 18.3 Å². The summed E-state index contributed by atoms with van der Waals surface area (Å²) in [5.74, 6) is 1.28. The second kappa shape index (κ2) is 5.51. The first-order chi connectivity index (χ1) is 10.2. The molecule has 3 rings (SSSR count). The Hall–Kier alpha value is -2.44. The predicted octanol–water partition coefficient (Wildman–Crippen LogP) is 1.76. The van der Waals surface area contributed by atoms with E-state index in [2.05, 4.69) is 30.5 Å². The van der Waals surface area contributed by atoms with Crippen LogP contribution in [0.15, 0.2) is 18.3 Å². The van der Waals surface area contributed by atoms with Crippen LogP contribution >= 0.6 is 0 Å². The SMILES string of the molecule is CCNC(=O)Nc1ccc2ncc(N(C)C3CC3)nc2n1. The summed E-state index contributed by atoms with van der Waals surface area (Å²) < 4.78 is 0. The van der Waals surface area contributed by atoms with Gasteiger partial charge in [-0.25, -0.2) is 19.7 Å². The lowest BCUT2D eigenvalue weighted by molar-refractivity contribution is 0.252. The normalized spacial score (nSPS) is 14.0. The monoisotopic (exact) mass is 286 g/mol. The van der Waals surface area contributed by atoms with E-state index in [9.17, 15) is 4.79 Å². The molecule has 2 heterocycles. The average Bonchev–Trinajstić information content (AvgIpc) is 3.30. The summed E-state index contributed by atoms with van der Waals surface area (Å²) >= 11 is 0. The maximum atomic E-state index is 11.5. The number of aromatic nitrogens is 3. The number of hydrogen-bond donors (Lipinski definition) is 2. The Bertz CT molecular complexity index is 670. The van der Waals surface area contributed by atoms with E-state index in [4.69, 9.17) is 0 Å². The van der Waals surface area contributed by atoms with E-state index in [0.29, 0.717) is 29.6 Å². The van der Waals surface area contributed by atoms with Crippen molar-refractivity contribution < 1.29 is 4.79 Å². The first kappa shape index (κ1) is 13.5. The number of amides is 2. The molecule has 2 aromatic rings. The van der Waals surface area contributed by atoms with Gasteiger partial charge in [0.25, 0.3) is 0 Å². The number of pyridine rings is 1. The first-order valence-electron chi connectivity index (χ1n) is 7.09. The van der Waals surface area contributed by atoms with Gasteiger partial charge in [-0.1, -0.05) is 0 Å². The molecule has 110 valence electrons. The molecular formula is C14H18N6O. The van der Waals surface area contributed by atoms with E-state index in [0.717, 1.165) is 5.82 Å². The largest absolute Gasteiger partial charge is 0.355 e. The predicted molar refractivity (Wildman–Crippen MR) is 81.5 cm³/mol. The molecule has 0 radical (unpaired) electrons. The highest BCUT2D eigenvalue weighted by atomic mass is 16.2. The molecule has 2 aromatic heterocycles. The molecule has 2 N–H and O–H groups in total. The summed E-state index contributed by atoms with van der Waals surface area (Å²) in [6, 6.07) is 3.81. The minimum Gasteiger partial charge on any atom is -0.355 e. The van der Waals surface area contributed by atoms with Gasteiger partial charge < -0.3 is 10.2 Å². The Labute approximate surface area is 122 Å². The van der Waals surface area contributed by atoms with Gasteiger partial charge in [-0.15, -0.1) is 0 Å². The Kier molecular flexibility index (Phi) is 3.55. The van der Waals surface area contributed by atoms with E-state index in [-0.39, 0.29) is 6.03 Å². The number of nitrogens with one attached hydrogen (secondary N) is 2. The van der Waals surface area contributed by atoms with Crippen molar-refractivity contribution >= 4 is 28.8 Å². The van der Waals surface area contributed by atoms with Gasteiger partial charge in [0.05, 0.1) is 6.20 Å². The number of fused-ring (bicyclic) bond motifs is 1. The molecule has 0 spiro atoms. The zero-order valence-corrected chi connectivity index (χ0v) is 12.1. The minimum atomic E-state index is -0.274. The molecule has 0 atom stereocenters. The minimum absolute atomic E-state index is 0.274. The lowest BCUT2D eigenvalue weighted by Gasteiger charge is -2.16. The zero-order chi connectivity index (χ0) is 14.8. The van der Waals surface area contributed by atoms with Gasteiger partial charge in [0.2, 0.25) is 0 Å². The summed E-state index contributed by atoms with van der Waals surface area (Å²) in [5, 5.41) is 5.34. The van der Waals surface area contributed by atoms with E-state index >= 15 is 0 Å². The van der Waals surface area contributed by atoms with Crippen LogP contribution in [0.3, 0.4) is 0 Å². The lowest BCUT2D eigenvalue weighted by atomic mass is 10.4. The van der Waals surface area contributed by atoms with Gasteiger partial charge in [0.1, 0.15) is 17.2 Å². The maximum absolute atomic E-state index is 11.5. The van der Waals surface area contributed by atoms with Crippen molar-refractivity contribution in [1.29, 1.82) is 0 Å². The summed E-state index contributed by atoms with van der Waals surface area (Å²) in [6.07, 6.45) is 4.16. The number of carbonyl (C=O) groups excluding carboxylic acids is 1. The lowest BCUT2D eigenvalue weighted by Crippen LogP contribution is -2.28. The summed E-state index contributed by atoms with van der Waals surface area (Å²) in [7, 11) is 2.02. The highest BCUT2D eigenvalue weighted by Crippen LogP contribution is 2.29. The molecule has 0 aliphatic heterocycles. The first-order valence-corrected chi connectivity index (χ1v) is 7.09. The Balaban J connectivity index is 1.86. The summed E-state index contributed by atoms with van der Waals surface area (Å²) in [4.78, 5) is 26.9. The van der Waals surface area contributed by atoms with Crippen molar-refractivity contribution in [2.45, 2.75) is 25.8 Å². The van der Waals surface area contributed by atoms with E-state index in [1.165, 1.54) is 12.8 Å². The van der Waals surface area contributed by atoms with Gasteiger partial charge >= 0.3 is 6.03 Å². The van der Waals surface area contributed by atoms with Crippen LogP contribution in [0.25, 0.3) is 11.2 Å². The number of nitrogens with zero attached hydrogens (tertiary/aromatic N) is 4. The Morgan fingerprint density at radius 1 is 1.38 bits per heavy atom. The molecule has 0 aromatic carbocycles. The van der Waals surface area contributed by atoms with Gasteiger partial charge in [0, 0.05) is 19.6 Å². The topological polar surface area (TPSA) is 83.0 Å². The zero-order valence-electron chi connectivity index (χ0n) is 12.1. The van der Waals surface area contributed by atoms with Crippen molar-refractivity contribution in [3.63, 3.8) is 0 Å². The maximum Gasteiger partial charge on any atom is 0.320 e. The van der Waals surface area contributed by atoms with Crippen molar-refractivity contribution in [1.82, 2.24) is 20.3 Å². The number of urea groups is 1. The molecule has 7 heteroatoms. The van der Waals surface area contributed by atoms with Crippen LogP contribution in [0.1, 0.15) is 19.8 Å². The molecule has 1 fully saturated rings. The molecule has 21 heavy (non-hydrogen) atoms. The van der Waals surface area contributed by atoms with Crippen LogP contribution in [-0.4, -0.2) is 40.6 Å². The fourth-order valence-corrected chi connectivity index (χ4v) is 2.10. The fraction of sp³-hybridized carbons (Fsp3) is 0.429. The molecule has 2 amide bonds. The summed E-state index contributed by atoms with van der Waals surface area (Å²) in [6.45, 7) is 2.43. The Morgan fingerprint density at radius 2 is 2.19 bits per heavy atom. The molecule has 0 bridgehead atoms. The average molecular weight is 286 g/mol. The second-order valence-electron chi connectivity index (χ2n) is 5.09. The van der Waals surface area contributed by atoms with Crippen LogP contribution in [0.4, 0.5) is 16.4 Å². The third-order valence-corrected chi connectivity index (χ3v) is 3.43. The van der Waals surface area contributed by atoms with Gasteiger partial charge in [-0.3, -0.25) is 5.32 Å². The third-order valence-electron chi connectivity index (χ3n) is 3.43. The van der Waals surface area contributed by atoms with Crippen LogP contribution in [0, 0.1) is 0 Å². The van der Waals surface area contributed by atoms with Crippen LogP contribution in [-0.2, 0) is 0 Å². The Morgan fingerprint density at radius 3 is 2.90 bits per heavy atom. The second-order valence-corrected chi connectivity index (χ2v) is 5.09. The molecule has 7 nitrogen and oxygen atoms in total. The third kappa shape index (κ3) is 3.01. The van der Waals surface area contributed by atoms with Crippen molar-refractivity contribution in [2.24, 2.45) is 0 Å². The van der Waals surface area contributed by atoms with Gasteiger partial charge in [-0.2, -0.15) is 0 Å². The van der Waals surface area contributed by atoms with E-state index < -0.39 is 0 Å². The summed E-state index contributed by atoms with van der Waals surface area (Å²) in [5.41, 5.74) is 1.25. The molecule has 1 aliphatic rings. The number of hydrogen-bond acceptors (Lipinski definition) is 5.